The van der Waals surface area contributed by atoms with Crippen molar-refractivity contribution in [1.82, 2.24) is 15.0 Å². The van der Waals surface area contributed by atoms with Crippen molar-refractivity contribution in [3.8, 4) is 11.5 Å². The normalized spacial score (nSPS) is 12.1. The number of nitro groups is 1. The first-order valence-corrected chi connectivity index (χ1v) is 13.2. The highest BCUT2D eigenvalue weighted by molar-refractivity contribution is 9.10. The smallest absolute Gasteiger partial charge is 0.269 e. The van der Waals surface area contributed by atoms with Crippen molar-refractivity contribution < 1.29 is 14.4 Å². The Morgan fingerprint density at radius 3 is 2.37 bits per heavy atom. The van der Waals surface area contributed by atoms with Gasteiger partial charge in [-0.15, -0.1) is 0 Å². The third kappa shape index (κ3) is 7.06. The van der Waals surface area contributed by atoms with E-state index in [1.165, 1.54) is 12.1 Å². The average molecular weight is 585 g/mol. The maximum Gasteiger partial charge on any atom is 0.269 e. The molecule has 0 saturated heterocycles. The van der Waals surface area contributed by atoms with Crippen molar-refractivity contribution in [2.24, 2.45) is 5.10 Å². The SMILES string of the molecule is CCCCN(CCCC)c1nc(N/N=C/c2cc3c(cc2Br)OCO3)nc(Nc2ccc([N+](=O)[O-])cc2)n1. The van der Waals surface area contributed by atoms with E-state index in [0.29, 0.717) is 29.1 Å². The molecule has 0 amide bonds. The van der Waals surface area contributed by atoms with Crippen LogP contribution < -0.4 is 25.1 Å². The Morgan fingerprint density at radius 1 is 1.05 bits per heavy atom. The van der Waals surface area contributed by atoms with Gasteiger partial charge in [0.15, 0.2) is 11.5 Å². The van der Waals surface area contributed by atoms with Gasteiger partial charge in [0.25, 0.3) is 5.69 Å². The Bertz CT molecular complexity index is 1280. The highest BCUT2D eigenvalue weighted by Gasteiger charge is 2.16. The lowest BCUT2D eigenvalue weighted by molar-refractivity contribution is -0.384. The first kappa shape index (κ1) is 27.0. The predicted molar refractivity (Wildman–Crippen MR) is 150 cm³/mol. The zero-order valence-corrected chi connectivity index (χ0v) is 22.8. The summed E-state index contributed by atoms with van der Waals surface area (Å²) < 4.78 is 11.6. The Balaban J connectivity index is 1.59. The number of aromatic nitrogens is 3. The summed E-state index contributed by atoms with van der Waals surface area (Å²) in [5.74, 6) is 2.39. The average Bonchev–Trinajstić information content (AvgIpc) is 3.36. The molecule has 0 radical (unpaired) electrons. The van der Waals surface area contributed by atoms with Crippen LogP contribution in [0.4, 0.5) is 29.2 Å². The predicted octanol–water partition coefficient (Wildman–Crippen LogP) is 5.87. The van der Waals surface area contributed by atoms with E-state index in [2.05, 4.69) is 65.5 Å². The largest absolute Gasteiger partial charge is 0.454 e. The van der Waals surface area contributed by atoms with Crippen LogP contribution in [0.3, 0.4) is 0 Å². The van der Waals surface area contributed by atoms with Crippen LogP contribution in [-0.4, -0.2) is 46.0 Å². The third-order valence-electron chi connectivity index (χ3n) is 5.66. The van der Waals surface area contributed by atoms with Crippen molar-refractivity contribution >= 4 is 51.4 Å². The number of unbranched alkanes of at least 4 members (excludes halogenated alkanes) is 2. The van der Waals surface area contributed by atoms with Crippen LogP contribution in [-0.2, 0) is 0 Å². The van der Waals surface area contributed by atoms with E-state index in [1.54, 1.807) is 18.3 Å². The molecule has 200 valence electrons. The number of fused-ring (bicyclic) bond motifs is 1. The fraction of sp³-hybridized carbons (Fsp3) is 0.360. The number of nitro benzene ring substituents is 1. The van der Waals surface area contributed by atoms with Gasteiger partial charge in [-0.25, -0.2) is 5.43 Å². The molecule has 0 atom stereocenters. The molecule has 0 aliphatic carbocycles. The molecule has 0 fully saturated rings. The van der Waals surface area contributed by atoms with Crippen molar-refractivity contribution in [3.05, 3.63) is 56.5 Å². The Morgan fingerprint density at radius 2 is 1.71 bits per heavy atom. The third-order valence-corrected chi connectivity index (χ3v) is 6.35. The summed E-state index contributed by atoms with van der Waals surface area (Å²) in [4.78, 5) is 26.4. The molecule has 2 heterocycles. The van der Waals surface area contributed by atoms with Crippen molar-refractivity contribution in [2.75, 3.05) is 35.5 Å². The first-order chi connectivity index (χ1) is 18.5. The summed E-state index contributed by atoms with van der Waals surface area (Å²) in [5, 5.41) is 18.4. The lowest BCUT2D eigenvalue weighted by Crippen LogP contribution is -2.28. The monoisotopic (exact) mass is 584 g/mol. The molecule has 1 aliphatic heterocycles. The van der Waals surface area contributed by atoms with Gasteiger partial charge in [-0.3, -0.25) is 10.1 Å². The molecule has 4 rings (SSSR count). The standard InChI is InChI=1S/C25H29BrN8O4/c1-3-5-11-33(12-6-4-2)25-30-23(28-18-7-9-19(10-8-18)34(35)36)29-24(31-25)32-27-15-17-13-21-22(14-20(17)26)38-16-37-21/h7-10,13-15H,3-6,11-12,16H2,1-2H3,(H2,28,29,30,31,32)/b27-15+. The molecule has 38 heavy (non-hydrogen) atoms. The van der Waals surface area contributed by atoms with E-state index in [4.69, 9.17) is 9.47 Å². The number of hydrogen-bond acceptors (Lipinski definition) is 11. The molecular weight excluding hydrogens is 556 g/mol. The number of hydrogen-bond donors (Lipinski definition) is 2. The molecule has 0 spiro atoms. The Kier molecular flexibility index (Phi) is 9.25. The highest BCUT2D eigenvalue weighted by Crippen LogP contribution is 2.36. The number of anilines is 4. The number of rotatable bonds is 13. The second-order valence-electron chi connectivity index (χ2n) is 8.50. The Hall–Kier alpha value is -4.00. The van der Waals surface area contributed by atoms with Crippen LogP contribution in [0.1, 0.15) is 45.1 Å². The molecule has 13 heteroatoms. The van der Waals surface area contributed by atoms with Crippen LogP contribution in [0.2, 0.25) is 0 Å². The lowest BCUT2D eigenvalue weighted by atomic mass is 10.2. The number of non-ortho nitro benzene ring substituents is 1. The van der Waals surface area contributed by atoms with Gasteiger partial charge in [0.05, 0.1) is 11.1 Å². The van der Waals surface area contributed by atoms with Crippen LogP contribution in [0.15, 0.2) is 46.0 Å². The minimum absolute atomic E-state index is 0.00330. The van der Waals surface area contributed by atoms with Crippen molar-refractivity contribution in [3.63, 3.8) is 0 Å². The van der Waals surface area contributed by atoms with Gasteiger partial charge in [0.1, 0.15) is 0 Å². The summed E-state index contributed by atoms with van der Waals surface area (Å²) in [7, 11) is 0. The van der Waals surface area contributed by atoms with Crippen LogP contribution >= 0.6 is 15.9 Å². The number of benzene rings is 2. The second kappa shape index (κ2) is 13.0. The fourth-order valence-corrected chi connectivity index (χ4v) is 4.03. The van der Waals surface area contributed by atoms with E-state index in [9.17, 15) is 10.1 Å². The Labute approximate surface area is 228 Å². The maximum absolute atomic E-state index is 11.0. The maximum atomic E-state index is 11.0. The molecule has 1 aliphatic rings. The highest BCUT2D eigenvalue weighted by atomic mass is 79.9. The van der Waals surface area contributed by atoms with Crippen LogP contribution in [0.5, 0.6) is 11.5 Å². The van der Waals surface area contributed by atoms with Crippen LogP contribution in [0.25, 0.3) is 0 Å². The van der Waals surface area contributed by atoms with Gasteiger partial charge < -0.3 is 19.7 Å². The summed E-state index contributed by atoms with van der Waals surface area (Å²) in [5.41, 5.74) is 4.30. The summed E-state index contributed by atoms with van der Waals surface area (Å²) in [6.07, 6.45) is 5.72. The van der Waals surface area contributed by atoms with E-state index in [-0.39, 0.29) is 18.4 Å². The first-order valence-electron chi connectivity index (χ1n) is 12.4. The van der Waals surface area contributed by atoms with Crippen LogP contribution in [0, 0.1) is 10.1 Å². The van der Waals surface area contributed by atoms with E-state index >= 15 is 0 Å². The van der Waals surface area contributed by atoms with E-state index in [0.717, 1.165) is 48.8 Å². The minimum Gasteiger partial charge on any atom is -0.454 e. The van der Waals surface area contributed by atoms with Gasteiger partial charge in [0.2, 0.25) is 24.6 Å². The summed E-state index contributed by atoms with van der Waals surface area (Å²) >= 11 is 3.52. The molecule has 12 nitrogen and oxygen atoms in total. The molecule has 2 N–H and O–H groups in total. The summed E-state index contributed by atoms with van der Waals surface area (Å²) in [6.45, 7) is 6.09. The van der Waals surface area contributed by atoms with Gasteiger partial charge in [-0.1, -0.05) is 26.7 Å². The van der Waals surface area contributed by atoms with Gasteiger partial charge in [-0.05, 0) is 53.0 Å². The topological polar surface area (TPSA) is 140 Å². The van der Waals surface area contributed by atoms with Crippen molar-refractivity contribution in [1.29, 1.82) is 0 Å². The van der Waals surface area contributed by atoms with Gasteiger partial charge in [0, 0.05) is 40.9 Å². The number of halogens is 1. The molecule has 0 saturated carbocycles. The molecule has 0 unspecified atom stereocenters. The van der Waals surface area contributed by atoms with Crippen molar-refractivity contribution in [2.45, 2.75) is 39.5 Å². The van der Waals surface area contributed by atoms with E-state index in [1.807, 2.05) is 12.1 Å². The molecule has 2 aromatic carbocycles. The number of hydrazone groups is 1. The number of nitrogens with zero attached hydrogens (tertiary/aromatic N) is 6. The van der Waals surface area contributed by atoms with Gasteiger partial charge >= 0.3 is 0 Å². The number of nitrogens with one attached hydrogen (secondary N) is 2. The molecule has 0 bridgehead atoms. The lowest BCUT2D eigenvalue weighted by Gasteiger charge is -2.23. The van der Waals surface area contributed by atoms with E-state index < -0.39 is 4.92 Å². The second-order valence-corrected chi connectivity index (χ2v) is 9.36. The summed E-state index contributed by atoms with van der Waals surface area (Å²) in [6, 6.07) is 9.72. The quantitative estimate of drug-likeness (QED) is 0.142. The zero-order valence-electron chi connectivity index (χ0n) is 21.2. The zero-order chi connectivity index (χ0) is 26.9. The molecule has 1 aromatic heterocycles. The minimum atomic E-state index is -0.442. The van der Waals surface area contributed by atoms with Gasteiger partial charge in [-0.2, -0.15) is 20.1 Å². The molecular formula is C25H29BrN8O4. The fourth-order valence-electron chi connectivity index (χ4n) is 3.61. The number of ether oxygens (including phenoxy) is 2. The molecule has 3 aromatic rings.